The summed E-state index contributed by atoms with van der Waals surface area (Å²) in [7, 11) is 0. The number of carbonyl (C=O) groups is 2. The summed E-state index contributed by atoms with van der Waals surface area (Å²) < 4.78 is 9.97. The average Bonchev–Trinajstić information content (AvgIpc) is 2.21. The van der Waals surface area contributed by atoms with Crippen molar-refractivity contribution >= 4 is 12.3 Å². The Balaban J connectivity index is 4.27. The first-order valence-electron chi connectivity index (χ1n) is 5.49. The van der Waals surface area contributed by atoms with E-state index >= 15 is 0 Å². The molecule has 17 heavy (non-hydrogen) atoms. The summed E-state index contributed by atoms with van der Waals surface area (Å²) in [5.74, 6) is -0.873. The predicted molar refractivity (Wildman–Crippen MR) is 61.3 cm³/mol. The standard InChI is InChI=1S/C11H21NO5/c1-11(2,3)17-10(15)9(14)8(7-13)16-6-4-5-12/h7-9,14H,4-6,12H2,1-3H3/t8-,9?/m0/s1. The number of aliphatic hydroxyl groups is 1. The number of hydrogen-bond donors (Lipinski definition) is 2. The van der Waals surface area contributed by atoms with Gasteiger partial charge in [-0.2, -0.15) is 0 Å². The highest BCUT2D eigenvalue weighted by Gasteiger charge is 2.30. The second-order valence-corrected chi connectivity index (χ2v) is 4.59. The molecule has 0 saturated heterocycles. The highest BCUT2D eigenvalue weighted by atomic mass is 16.6. The quantitative estimate of drug-likeness (QED) is 0.361. The predicted octanol–water partition coefficient (Wildman–Crippen LogP) is -0.378. The molecule has 3 N–H and O–H groups in total. The van der Waals surface area contributed by atoms with Gasteiger partial charge in [-0.1, -0.05) is 0 Å². The summed E-state index contributed by atoms with van der Waals surface area (Å²) in [6.07, 6.45) is -1.89. The van der Waals surface area contributed by atoms with Crippen LogP contribution in [0.2, 0.25) is 0 Å². The van der Waals surface area contributed by atoms with E-state index in [1.807, 2.05) is 0 Å². The molecule has 0 spiro atoms. The molecule has 0 fully saturated rings. The Bertz CT molecular complexity index is 249. The Morgan fingerprint density at radius 2 is 2.06 bits per heavy atom. The number of ether oxygens (including phenoxy) is 2. The van der Waals surface area contributed by atoms with E-state index < -0.39 is 23.8 Å². The fourth-order valence-electron chi connectivity index (χ4n) is 1.00. The SMILES string of the molecule is CC(C)(C)OC(=O)C(O)[C@H](C=O)OCCCN. The van der Waals surface area contributed by atoms with Gasteiger partial charge in [0, 0.05) is 6.61 Å². The Hall–Kier alpha value is -0.980. The van der Waals surface area contributed by atoms with E-state index in [9.17, 15) is 14.7 Å². The van der Waals surface area contributed by atoms with Crippen LogP contribution in [0.15, 0.2) is 0 Å². The number of aliphatic hydroxyl groups excluding tert-OH is 1. The summed E-state index contributed by atoms with van der Waals surface area (Å²) >= 11 is 0. The zero-order valence-electron chi connectivity index (χ0n) is 10.5. The number of carbonyl (C=O) groups excluding carboxylic acids is 2. The zero-order chi connectivity index (χ0) is 13.5. The number of esters is 1. The van der Waals surface area contributed by atoms with Gasteiger partial charge >= 0.3 is 5.97 Å². The van der Waals surface area contributed by atoms with Crippen LogP contribution < -0.4 is 5.73 Å². The lowest BCUT2D eigenvalue weighted by molar-refractivity contribution is -0.174. The molecule has 1 unspecified atom stereocenters. The molecule has 100 valence electrons. The topological polar surface area (TPSA) is 98.8 Å². The van der Waals surface area contributed by atoms with Crippen molar-refractivity contribution in [2.75, 3.05) is 13.2 Å². The minimum Gasteiger partial charge on any atom is -0.458 e. The van der Waals surface area contributed by atoms with E-state index in [-0.39, 0.29) is 6.61 Å². The average molecular weight is 247 g/mol. The molecular weight excluding hydrogens is 226 g/mol. The van der Waals surface area contributed by atoms with Crippen molar-refractivity contribution in [1.29, 1.82) is 0 Å². The van der Waals surface area contributed by atoms with E-state index in [2.05, 4.69) is 0 Å². The summed E-state index contributed by atoms with van der Waals surface area (Å²) in [6.45, 7) is 5.63. The lowest BCUT2D eigenvalue weighted by Crippen LogP contribution is -2.41. The first kappa shape index (κ1) is 16.0. The summed E-state index contributed by atoms with van der Waals surface area (Å²) in [5.41, 5.74) is 4.53. The zero-order valence-corrected chi connectivity index (χ0v) is 10.5. The van der Waals surface area contributed by atoms with Gasteiger partial charge in [-0.05, 0) is 33.7 Å². The third-order valence-electron chi connectivity index (χ3n) is 1.75. The molecule has 6 heteroatoms. The lowest BCUT2D eigenvalue weighted by Gasteiger charge is -2.23. The molecule has 2 atom stereocenters. The van der Waals surface area contributed by atoms with Crippen LogP contribution in [0.25, 0.3) is 0 Å². The highest BCUT2D eigenvalue weighted by molar-refractivity contribution is 5.80. The minimum atomic E-state index is -1.61. The van der Waals surface area contributed by atoms with Gasteiger partial charge in [0.2, 0.25) is 0 Å². The Morgan fingerprint density at radius 1 is 1.47 bits per heavy atom. The second-order valence-electron chi connectivity index (χ2n) is 4.59. The van der Waals surface area contributed by atoms with Crippen molar-refractivity contribution in [3.8, 4) is 0 Å². The maximum absolute atomic E-state index is 11.5. The molecule has 0 aromatic carbocycles. The van der Waals surface area contributed by atoms with E-state index in [0.29, 0.717) is 19.3 Å². The van der Waals surface area contributed by atoms with Gasteiger partial charge in [0.25, 0.3) is 0 Å². The number of hydrogen-bond acceptors (Lipinski definition) is 6. The van der Waals surface area contributed by atoms with Crippen LogP contribution in [0, 0.1) is 0 Å². The van der Waals surface area contributed by atoms with E-state index in [4.69, 9.17) is 15.2 Å². The van der Waals surface area contributed by atoms with Crippen LogP contribution in [0.1, 0.15) is 27.2 Å². The number of nitrogens with two attached hydrogens (primary N) is 1. The fraction of sp³-hybridized carbons (Fsp3) is 0.818. The van der Waals surface area contributed by atoms with Crippen molar-refractivity contribution in [3.05, 3.63) is 0 Å². The van der Waals surface area contributed by atoms with Gasteiger partial charge < -0.3 is 25.1 Å². The molecule has 0 rings (SSSR count). The van der Waals surface area contributed by atoms with Crippen molar-refractivity contribution in [1.82, 2.24) is 0 Å². The van der Waals surface area contributed by atoms with Crippen molar-refractivity contribution < 1.29 is 24.2 Å². The first-order chi connectivity index (χ1) is 7.81. The van der Waals surface area contributed by atoms with Gasteiger partial charge in [-0.3, -0.25) is 0 Å². The summed E-state index contributed by atoms with van der Waals surface area (Å²) in [4.78, 5) is 22.1. The largest absolute Gasteiger partial charge is 0.458 e. The van der Waals surface area contributed by atoms with Crippen LogP contribution in [0.4, 0.5) is 0 Å². The van der Waals surface area contributed by atoms with Crippen LogP contribution in [-0.2, 0) is 19.1 Å². The minimum absolute atomic E-state index is 0.208. The molecule has 0 amide bonds. The lowest BCUT2D eigenvalue weighted by atomic mass is 10.1. The molecule has 0 aliphatic rings. The summed E-state index contributed by atoms with van der Waals surface area (Å²) in [6, 6.07) is 0. The molecule has 0 aliphatic carbocycles. The Labute approximate surface area is 101 Å². The Kier molecular flexibility index (Phi) is 6.94. The van der Waals surface area contributed by atoms with E-state index in [1.165, 1.54) is 0 Å². The Morgan fingerprint density at radius 3 is 2.47 bits per heavy atom. The van der Waals surface area contributed by atoms with E-state index in [1.54, 1.807) is 20.8 Å². The second kappa shape index (κ2) is 7.37. The van der Waals surface area contributed by atoms with Gasteiger partial charge in [-0.25, -0.2) is 4.79 Å². The number of rotatable bonds is 7. The van der Waals surface area contributed by atoms with Gasteiger partial charge in [0.05, 0.1) is 0 Å². The van der Waals surface area contributed by atoms with Gasteiger partial charge in [0.1, 0.15) is 11.7 Å². The maximum atomic E-state index is 11.5. The molecule has 0 bridgehead atoms. The van der Waals surface area contributed by atoms with Gasteiger partial charge in [-0.15, -0.1) is 0 Å². The number of aldehydes is 1. The van der Waals surface area contributed by atoms with Crippen molar-refractivity contribution in [2.24, 2.45) is 5.73 Å². The highest BCUT2D eigenvalue weighted by Crippen LogP contribution is 2.10. The van der Waals surface area contributed by atoms with Crippen LogP contribution in [0.5, 0.6) is 0 Å². The third kappa shape index (κ3) is 7.04. The molecule has 0 aromatic rings. The summed E-state index contributed by atoms with van der Waals surface area (Å²) in [5, 5.41) is 9.58. The van der Waals surface area contributed by atoms with Crippen LogP contribution in [-0.4, -0.2) is 48.3 Å². The molecule has 6 nitrogen and oxygen atoms in total. The maximum Gasteiger partial charge on any atom is 0.338 e. The normalized spacial score (nSPS) is 15.1. The fourth-order valence-corrected chi connectivity index (χ4v) is 1.00. The molecule has 0 saturated carbocycles. The third-order valence-corrected chi connectivity index (χ3v) is 1.75. The first-order valence-corrected chi connectivity index (χ1v) is 5.49. The van der Waals surface area contributed by atoms with Gasteiger partial charge in [0.15, 0.2) is 12.4 Å². The van der Waals surface area contributed by atoms with Crippen molar-refractivity contribution in [3.63, 3.8) is 0 Å². The van der Waals surface area contributed by atoms with Crippen LogP contribution in [0.3, 0.4) is 0 Å². The molecule has 0 heterocycles. The van der Waals surface area contributed by atoms with Crippen molar-refractivity contribution in [2.45, 2.75) is 45.0 Å². The molecule has 0 aliphatic heterocycles. The smallest absolute Gasteiger partial charge is 0.338 e. The van der Waals surface area contributed by atoms with Crippen LogP contribution >= 0.6 is 0 Å². The monoisotopic (exact) mass is 247 g/mol. The van der Waals surface area contributed by atoms with E-state index in [0.717, 1.165) is 0 Å². The molecular formula is C11H21NO5. The molecule has 0 aromatic heterocycles. The molecule has 0 radical (unpaired) electrons.